The molecule has 208 valence electrons. The third-order valence-corrected chi connectivity index (χ3v) is 9.61. The Hall–Kier alpha value is -3.77. The summed E-state index contributed by atoms with van der Waals surface area (Å²) in [6.45, 7) is -0.534. The summed E-state index contributed by atoms with van der Waals surface area (Å²) in [5.74, 6) is -0.153. The SMILES string of the molecule is COc1ccc(S(=O)(=O)N(CC(=O)Nc2ccc(S(=O)(=O)Nc3cccc(Cl)c3Cl)cc2)c2ccccc2)cc1. The van der Waals surface area contributed by atoms with E-state index >= 15 is 0 Å². The molecule has 0 aliphatic rings. The number of nitrogens with zero attached hydrogens (tertiary/aromatic N) is 1. The number of para-hydroxylation sites is 1. The molecule has 9 nitrogen and oxygen atoms in total. The van der Waals surface area contributed by atoms with Gasteiger partial charge in [0.1, 0.15) is 12.3 Å². The predicted molar refractivity (Wildman–Crippen MR) is 156 cm³/mol. The highest BCUT2D eigenvalue weighted by Crippen LogP contribution is 2.31. The van der Waals surface area contributed by atoms with Crippen molar-refractivity contribution in [2.45, 2.75) is 9.79 Å². The highest BCUT2D eigenvalue weighted by Gasteiger charge is 2.27. The third kappa shape index (κ3) is 6.68. The molecule has 0 bridgehead atoms. The van der Waals surface area contributed by atoms with Crippen LogP contribution < -0.4 is 19.1 Å². The number of nitrogens with one attached hydrogen (secondary N) is 2. The molecule has 0 saturated heterocycles. The van der Waals surface area contributed by atoms with E-state index in [0.717, 1.165) is 4.31 Å². The number of hydrogen-bond donors (Lipinski definition) is 2. The van der Waals surface area contributed by atoms with Crippen LogP contribution in [0.25, 0.3) is 0 Å². The minimum absolute atomic E-state index is 0.0215. The van der Waals surface area contributed by atoms with Crippen LogP contribution in [0.5, 0.6) is 5.75 Å². The number of carbonyl (C=O) groups excluding carboxylic acids is 1. The van der Waals surface area contributed by atoms with Crippen molar-refractivity contribution in [2.75, 3.05) is 28.0 Å². The molecule has 0 aromatic heterocycles. The van der Waals surface area contributed by atoms with E-state index in [9.17, 15) is 21.6 Å². The largest absolute Gasteiger partial charge is 0.497 e. The second-order valence-electron chi connectivity index (χ2n) is 8.30. The Labute approximate surface area is 242 Å². The Morgan fingerprint density at radius 1 is 0.800 bits per heavy atom. The summed E-state index contributed by atoms with van der Waals surface area (Å²) in [6.07, 6.45) is 0. The van der Waals surface area contributed by atoms with Crippen LogP contribution in [-0.2, 0) is 24.8 Å². The van der Waals surface area contributed by atoms with Crippen LogP contribution in [0.15, 0.2) is 107 Å². The second-order valence-corrected chi connectivity index (χ2v) is 12.6. The zero-order valence-electron chi connectivity index (χ0n) is 20.9. The summed E-state index contributed by atoms with van der Waals surface area (Å²) in [6, 6.07) is 23.9. The lowest BCUT2D eigenvalue weighted by Crippen LogP contribution is -2.38. The smallest absolute Gasteiger partial charge is 0.264 e. The zero-order chi connectivity index (χ0) is 28.9. The van der Waals surface area contributed by atoms with Crippen molar-refractivity contribution in [3.05, 3.63) is 107 Å². The molecular formula is C27H23Cl2N3O6S2. The van der Waals surface area contributed by atoms with Crippen molar-refractivity contribution < 1.29 is 26.4 Å². The summed E-state index contributed by atoms with van der Waals surface area (Å²) in [7, 11) is -6.66. The summed E-state index contributed by atoms with van der Waals surface area (Å²) in [5, 5.41) is 2.86. The lowest BCUT2D eigenvalue weighted by molar-refractivity contribution is -0.114. The van der Waals surface area contributed by atoms with Gasteiger partial charge in [-0.15, -0.1) is 0 Å². The Balaban J connectivity index is 1.52. The third-order valence-electron chi connectivity index (χ3n) is 5.62. The molecule has 0 heterocycles. The lowest BCUT2D eigenvalue weighted by Gasteiger charge is -2.24. The maximum Gasteiger partial charge on any atom is 0.264 e. The number of ether oxygens (including phenoxy) is 1. The fraction of sp³-hybridized carbons (Fsp3) is 0.0741. The van der Waals surface area contributed by atoms with Crippen molar-refractivity contribution in [1.82, 2.24) is 0 Å². The van der Waals surface area contributed by atoms with E-state index in [-0.39, 0.29) is 31.2 Å². The van der Waals surface area contributed by atoms with E-state index in [1.54, 1.807) is 36.4 Å². The number of amides is 1. The quantitative estimate of drug-likeness (QED) is 0.237. The summed E-state index contributed by atoms with van der Waals surface area (Å²) < 4.78 is 61.0. The number of methoxy groups -OCH3 is 1. The van der Waals surface area contributed by atoms with Gasteiger partial charge >= 0.3 is 0 Å². The molecule has 0 atom stereocenters. The molecule has 0 aliphatic heterocycles. The van der Waals surface area contributed by atoms with Gasteiger partial charge in [-0.25, -0.2) is 16.8 Å². The molecule has 0 fully saturated rings. The molecule has 0 unspecified atom stereocenters. The van der Waals surface area contributed by atoms with Gasteiger partial charge in [0, 0.05) is 5.69 Å². The van der Waals surface area contributed by atoms with Crippen LogP contribution in [0.2, 0.25) is 10.0 Å². The minimum atomic E-state index is -4.12. The highest BCUT2D eigenvalue weighted by atomic mass is 35.5. The normalized spacial score (nSPS) is 11.5. The van der Waals surface area contributed by atoms with Gasteiger partial charge in [-0.3, -0.25) is 13.8 Å². The molecular weight excluding hydrogens is 597 g/mol. The molecule has 1 amide bonds. The van der Waals surface area contributed by atoms with Gasteiger partial charge in [-0.1, -0.05) is 47.5 Å². The average Bonchev–Trinajstić information content (AvgIpc) is 2.95. The predicted octanol–water partition coefficient (Wildman–Crippen LogP) is 5.64. The van der Waals surface area contributed by atoms with E-state index < -0.39 is 32.5 Å². The maximum atomic E-state index is 13.5. The van der Waals surface area contributed by atoms with Gasteiger partial charge in [0.05, 0.1) is 38.3 Å². The van der Waals surface area contributed by atoms with Gasteiger partial charge in [0.2, 0.25) is 5.91 Å². The van der Waals surface area contributed by atoms with Crippen LogP contribution in [0.3, 0.4) is 0 Å². The zero-order valence-corrected chi connectivity index (χ0v) is 24.1. The number of rotatable bonds is 10. The van der Waals surface area contributed by atoms with E-state index in [1.165, 1.54) is 67.8 Å². The number of sulfonamides is 2. The number of anilines is 3. The average molecular weight is 621 g/mol. The van der Waals surface area contributed by atoms with Crippen LogP contribution in [0, 0.1) is 0 Å². The molecule has 0 radical (unpaired) electrons. The van der Waals surface area contributed by atoms with Crippen molar-refractivity contribution in [1.29, 1.82) is 0 Å². The van der Waals surface area contributed by atoms with Crippen LogP contribution in [-0.4, -0.2) is 36.4 Å². The first-order chi connectivity index (χ1) is 19.0. The van der Waals surface area contributed by atoms with E-state index in [0.29, 0.717) is 11.4 Å². The van der Waals surface area contributed by atoms with Gasteiger partial charge in [-0.2, -0.15) is 0 Å². The van der Waals surface area contributed by atoms with Crippen LogP contribution in [0.1, 0.15) is 0 Å². The molecule has 13 heteroatoms. The van der Waals surface area contributed by atoms with E-state index in [2.05, 4.69) is 10.0 Å². The Morgan fingerprint density at radius 2 is 1.43 bits per heavy atom. The highest BCUT2D eigenvalue weighted by molar-refractivity contribution is 7.93. The van der Waals surface area contributed by atoms with Crippen LogP contribution >= 0.6 is 23.2 Å². The monoisotopic (exact) mass is 619 g/mol. The Kier molecular flexibility index (Phi) is 8.89. The first-order valence-electron chi connectivity index (χ1n) is 11.6. The van der Waals surface area contributed by atoms with E-state index in [1.807, 2.05) is 0 Å². The van der Waals surface area contributed by atoms with Crippen molar-refractivity contribution in [2.24, 2.45) is 0 Å². The van der Waals surface area contributed by atoms with E-state index in [4.69, 9.17) is 27.9 Å². The van der Waals surface area contributed by atoms with Gasteiger partial charge in [-0.05, 0) is 72.8 Å². The molecule has 4 rings (SSSR count). The summed E-state index contributed by atoms with van der Waals surface area (Å²) >= 11 is 12.0. The second kappa shape index (κ2) is 12.2. The van der Waals surface area contributed by atoms with Gasteiger partial charge in [0.25, 0.3) is 20.0 Å². The molecule has 0 spiro atoms. The minimum Gasteiger partial charge on any atom is -0.497 e. The molecule has 0 aliphatic carbocycles. The molecule has 2 N–H and O–H groups in total. The van der Waals surface area contributed by atoms with Gasteiger partial charge in [0.15, 0.2) is 0 Å². The number of hydrogen-bond acceptors (Lipinski definition) is 6. The first kappa shape index (κ1) is 29.2. The Morgan fingerprint density at radius 3 is 2.05 bits per heavy atom. The Bertz CT molecular complexity index is 1720. The van der Waals surface area contributed by atoms with Crippen molar-refractivity contribution in [3.8, 4) is 5.75 Å². The maximum absolute atomic E-state index is 13.5. The van der Waals surface area contributed by atoms with Gasteiger partial charge < -0.3 is 10.1 Å². The van der Waals surface area contributed by atoms with Crippen LogP contribution in [0.4, 0.5) is 17.1 Å². The molecule has 0 saturated carbocycles. The molecule has 4 aromatic carbocycles. The lowest BCUT2D eigenvalue weighted by atomic mass is 10.3. The fourth-order valence-corrected chi connectivity index (χ4v) is 6.52. The number of halogens is 2. The van der Waals surface area contributed by atoms with Crippen molar-refractivity contribution >= 4 is 66.2 Å². The standard InChI is InChI=1S/C27H23Cl2N3O6S2/c1-38-21-12-16-23(17-13-21)40(36,37)32(20-6-3-2-4-7-20)18-26(33)30-19-10-14-22(15-11-19)39(34,35)31-25-9-5-8-24(28)27(25)29/h2-17,31H,18H2,1H3,(H,30,33). The molecule has 4 aromatic rings. The van der Waals surface area contributed by atoms with Crippen molar-refractivity contribution in [3.63, 3.8) is 0 Å². The number of benzene rings is 4. The first-order valence-corrected chi connectivity index (χ1v) is 15.3. The summed E-state index contributed by atoms with van der Waals surface area (Å²) in [4.78, 5) is 12.9. The fourth-order valence-electron chi connectivity index (χ4n) is 3.62. The molecule has 40 heavy (non-hydrogen) atoms. The summed E-state index contributed by atoms with van der Waals surface area (Å²) in [5.41, 5.74) is 0.672. The topological polar surface area (TPSA) is 122 Å². The number of carbonyl (C=O) groups is 1.